The van der Waals surface area contributed by atoms with E-state index in [9.17, 15) is 4.79 Å². The van der Waals surface area contributed by atoms with Crippen LogP contribution in [0, 0.1) is 0 Å². The zero-order valence-corrected chi connectivity index (χ0v) is 13.1. The summed E-state index contributed by atoms with van der Waals surface area (Å²) in [4.78, 5) is 23.4. The van der Waals surface area contributed by atoms with Gasteiger partial charge in [0.25, 0.3) is 0 Å². The minimum absolute atomic E-state index is 0.0661. The lowest BCUT2D eigenvalue weighted by Crippen LogP contribution is -2.49. The van der Waals surface area contributed by atoms with Crippen molar-refractivity contribution in [3.63, 3.8) is 0 Å². The van der Waals surface area contributed by atoms with Gasteiger partial charge in [-0.3, -0.25) is 4.79 Å². The van der Waals surface area contributed by atoms with Crippen LogP contribution in [0.2, 0.25) is 0 Å². The number of piperidine rings is 1. The SMILES string of the molecule is CCCc1nc(NC)cc(N2CCCCC2C(=O)NC)n1. The summed E-state index contributed by atoms with van der Waals surface area (Å²) in [6.07, 6.45) is 4.91. The Kier molecular flexibility index (Phi) is 5.36. The van der Waals surface area contributed by atoms with E-state index in [0.717, 1.165) is 56.1 Å². The average molecular weight is 291 g/mol. The second-order valence-electron chi connectivity index (χ2n) is 5.35. The van der Waals surface area contributed by atoms with Gasteiger partial charge in [-0.05, 0) is 25.7 Å². The van der Waals surface area contributed by atoms with Gasteiger partial charge in [0.1, 0.15) is 23.5 Å². The quantitative estimate of drug-likeness (QED) is 0.862. The van der Waals surface area contributed by atoms with Crippen molar-refractivity contribution in [3.8, 4) is 0 Å². The number of nitrogens with zero attached hydrogens (tertiary/aromatic N) is 3. The van der Waals surface area contributed by atoms with Crippen LogP contribution in [0.4, 0.5) is 11.6 Å². The lowest BCUT2D eigenvalue weighted by molar-refractivity contribution is -0.122. The van der Waals surface area contributed by atoms with Crippen LogP contribution in [0.5, 0.6) is 0 Å². The second kappa shape index (κ2) is 7.24. The summed E-state index contributed by atoms with van der Waals surface area (Å²) in [6, 6.07) is 1.80. The Hall–Kier alpha value is -1.85. The van der Waals surface area contributed by atoms with Gasteiger partial charge in [-0.15, -0.1) is 0 Å². The molecular formula is C15H25N5O. The minimum Gasteiger partial charge on any atom is -0.373 e. The van der Waals surface area contributed by atoms with Crippen molar-refractivity contribution in [2.24, 2.45) is 0 Å². The highest BCUT2D eigenvalue weighted by Crippen LogP contribution is 2.25. The van der Waals surface area contributed by atoms with E-state index < -0.39 is 0 Å². The van der Waals surface area contributed by atoms with Gasteiger partial charge in [-0.1, -0.05) is 6.92 Å². The number of hydrogen-bond acceptors (Lipinski definition) is 5. The van der Waals surface area contributed by atoms with Crippen molar-refractivity contribution >= 4 is 17.5 Å². The van der Waals surface area contributed by atoms with Crippen LogP contribution in [-0.4, -0.2) is 42.6 Å². The minimum atomic E-state index is -0.127. The first-order chi connectivity index (χ1) is 10.2. The third-order valence-corrected chi connectivity index (χ3v) is 3.83. The fourth-order valence-corrected chi connectivity index (χ4v) is 2.74. The Morgan fingerprint density at radius 1 is 1.38 bits per heavy atom. The average Bonchev–Trinajstić information content (AvgIpc) is 2.54. The molecule has 1 aromatic rings. The molecule has 0 saturated carbocycles. The van der Waals surface area contributed by atoms with Gasteiger partial charge in [-0.25, -0.2) is 9.97 Å². The molecule has 2 N–H and O–H groups in total. The molecule has 1 atom stereocenters. The molecule has 1 aromatic heterocycles. The highest BCUT2D eigenvalue weighted by molar-refractivity contribution is 5.85. The number of aromatic nitrogens is 2. The summed E-state index contributed by atoms with van der Waals surface area (Å²) >= 11 is 0. The van der Waals surface area contributed by atoms with Crippen LogP contribution in [0.3, 0.4) is 0 Å². The van der Waals surface area contributed by atoms with E-state index in [2.05, 4.69) is 32.4 Å². The predicted octanol–water partition coefficient (Wildman–Crippen LogP) is 1.58. The number of anilines is 2. The lowest BCUT2D eigenvalue weighted by Gasteiger charge is -2.35. The Morgan fingerprint density at radius 3 is 2.86 bits per heavy atom. The van der Waals surface area contributed by atoms with Crippen LogP contribution in [-0.2, 0) is 11.2 Å². The van der Waals surface area contributed by atoms with Crippen molar-refractivity contribution in [3.05, 3.63) is 11.9 Å². The molecule has 0 bridgehead atoms. The van der Waals surface area contributed by atoms with Gasteiger partial charge < -0.3 is 15.5 Å². The van der Waals surface area contributed by atoms with Crippen LogP contribution in [0.25, 0.3) is 0 Å². The van der Waals surface area contributed by atoms with Gasteiger partial charge in [0.2, 0.25) is 5.91 Å². The number of aryl methyl sites for hydroxylation is 1. The smallest absolute Gasteiger partial charge is 0.242 e. The fourth-order valence-electron chi connectivity index (χ4n) is 2.74. The predicted molar refractivity (Wildman–Crippen MR) is 84.6 cm³/mol. The number of nitrogens with one attached hydrogen (secondary N) is 2. The number of likely N-dealkylation sites (N-methyl/N-ethyl adjacent to an activating group) is 1. The zero-order valence-electron chi connectivity index (χ0n) is 13.1. The third kappa shape index (κ3) is 3.62. The fraction of sp³-hybridized carbons (Fsp3) is 0.667. The van der Waals surface area contributed by atoms with Crippen molar-refractivity contribution in [2.75, 3.05) is 30.9 Å². The number of hydrogen-bond donors (Lipinski definition) is 2. The number of amides is 1. The Balaban J connectivity index is 2.32. The standard InChI is InChI=1S/C15H25N5O/c1-4-7-12-18-13(16-2)10-14(19-12)20-9-6-5-8-11(20)15(21)17-3/h10-11H,4-9H2,1-3H3,(H,17,21)(H,16,18,19). The molecule has 1 unspecified atom stereocenters. The van der Waals surface area contributed by atoms with Crippen molar-refractivity contribution in [1.29, 1.82) is 0 Å². The zero-order chi connectivity index (χ0) is 15.2. The summed E-state index contributed by atoms with van der Waals surface area (Å²) in [7, 11) is 3.55. The molecule has 0 aromatic carbocycles. The molecule has 21 heavy (non-hydrogen) atoms. The monoisotopic (exact) mass is 291 g/mol. The molecule has 1 fully saturated rings. The van der Waals surface area contributed by atoms with E-state index in [0.29, 0.717) is 0 Å². The maximum absolute atomic E-state index is 12.1. The summed E-state index contributed by atoms with van der Waals surface area (Å²) in [5, 5.41) is 5.85. The number of rotatable bonds is 5. The van der Waals surface area contributed by atoms with E-state index in [1.54, 1.807) is 7.05 Å². The summed E-state index contributed by atoms with van der Waals surface area (Å²) in [5.74, 6) is 2.56. The Morgan fingerprint density at radius 2 is 2.19 bits per heavy atom. The first-order valence-corrected chi connectivity index (χ1v) is 7.73. The molecule has 0 radical (unpaired) electrons. The maximum atomic E-state index is 12.1. The molecule has 116 valence electrons. The van der Waals surface area contributed by atoms with E-state index in [-0.39, 0.29) is 11.9 Å². The van der Waals surface area contributed by atoms with E-state index in [4.69, 9.17) is 0 Å². The normalized spacial score (nSPS) is 18.4. The van der Waals surface area contributed by atoms with Gasteiger partial charge in [0, 0.05) is 33.1 Å². The molecular weight excluding hydrogens is 266 g/mol. The van der Waals surface area contributed by atoms with Crippen LogP contribution >= 0.6 is 0 Å². The molecule has 2 rings (SSSR count). The van der Waals surface area contributed by atoms with Gasteiger partial charge in [-0.2, -0.15) is 0 Å². The Labute approximate surface area is 126 Å². The van der Waals surface area contributed by atoms with Crippen molar-refractivity contribution in [2.45, 2.75) is 45.1 Å². The molecule has 6 nitrogen and oxygen atoms in total. The topological polar surface area (TPSA) is 70.2 Å². The molecule has 1 aliphatic rings. The Bertz CT molecular complexity index is 491. The molecule has 6 heteroatoms. The molecule has 1 amide bonds. The van der Waals surface area contributed by atoms with Gasteiger partial charge in [0.05, 0.1) is 0 Å². The van der Waals surface area contributed by atoms with Crippen LogP contribution in [0.1, 0.15) is 38.4 Å². The van der Waals surface area contributed by atoms with Crippen LogP contribution < -0.4 is 15.5 Å². The summed E-state index contributed by atoms with van der Waals surface area (Å²) in [5.41, 5.74) is 0. The molecule has 0 aliphatic carbocycles. The van der Waals surface area contributed by atoms with Gasteiger partial charge in [0.15, 0.2) is 0 Å². The largest absolute Gasteiger partial charge is 0.373 e. The number of carbonyl (C=O) groups excluding carboxylic acids is 1. The van der Waals surface area contributed by atoms with Crippen molar-refractivity contribution < 1.29 is 4.79 Å². The van der Waals surface area contributed by atoms with Crippen LogP contribution in [0.15, 0.2) is 6.07 Å². The number of carbonyl (C=O) groups is 1. The lowest BCUT2D eigenvalue weighted by atomic mass is 10.0. The first-order valence-electron chi connectivity index (χ1n) is 7.73. The maximum Gasteiger partial charge on any atom is 0.242 e. The highest BCUT2D eigenvalue weighted by atomic mass is 16.2. The summed E-state index contributed by atoms with van der Waals surface area (Å²) in [6.45, 7) is 2.98. The van der Waals surface area contributed by atoms with E-state index in [1.807, 2.05) is 13.1 Å². The van der Waals surface area contributed by atoms with E-state index in [1.165, 1.54) is 0 Å². The molecule has 2 heterocycles. The van der Waals surface area contributed by atoms with E-state index >= 15 is 0 Å². The van der Waals surface area contributed by atoms with Gasteiger partial charge >= 0.3 is 0 Å². The third-order valence-electron chi connectivity index (χ3n) is 3.83. The molecule has 1 saturated heterocycles. The summed E-state index contributed by atoms with van der Waals surface area (Å²) < 4.78 is 0. The molecule has 1 aliphatic heterocycles. The van der Waals surface area contributed by atoms with Crippen molar-refractivity contribution in [1.82, 2.24) is 15.3 Å². The first kappa shape index (κ1) is 15.5. The highest BCUT2D eigenvalue weighted by Gasteiger charge is 2.29. The molecule has 0 spiro atoms. The second-order valence-corrected chi connectivity index (χ2v) is 5.35.